The smallest absolute Gasteiger partial charge is 0.283 e. The molecule has 0 aromatic heterocycles. The number of nitrogens with zero attached hydrogens (tertiary/aromatic N) is 2. The fourth-order valence-corrected chi connectivity index (χ4v) is 1.98. The van der Waals surface area contributed by atoms with Crippen molar-refractivity contribution >= 4 is 12.0 Å². The predicted octanol–water partition coefficient (Wildman–Crippen LogP) is 2.87. The first-order valence-electron chi connectivity index (χ1n) is 6.52. The van der Waals surface area contributed by atoms with Gasteiger partial charge < -0.3 is 9.47 Å². The van der Waals surface area contributed by atoms with Gasteiger partial charge in [-0.15, -0.1) is 0 Å². The molecule has 0 aliphatic heterocycles. The van der Waals surface area contributed by atoms with E-state index in [0.717, 1.165) is 11.6 Å². The molecule has 0 spiro atoms. The van der Waals surface area contributed by atoms with Gasteiger partial charge in [0.15, 0.2) is 17.8 Å². The largest absolute Gasteiger partial charge is 0.493 e. The Balaban J connectivity index is 2.31. The van der Waals surface area contributed by atoms with Crippen LogP contribution in [0.3, 0.4) is 0 Å². The van der Waals surface area contributed by atoms with E-state index in [9.17, 15) is 14.9 Å². The first-order chi connectivity index (χ1) is 11.1. The third kappa shape index (κ3) is 3.63. The number of methoxy groups -OCH3 is 1. The molecule has 0 aliphatic carbocycles. The van der Waals surface area contributed by atoms with Gasteiger partial charge in [-0.25, -0.2) is 0 Å². The number of benzene rings is 2. The summed E-state index contributed by atoms with van der Waals surface area (Å²) >= 11 is 0. The maximum absolute atomic E-state index is 11.0. The standard InChI is InChI=1S/C16H12N2O5/c1-22-15-6-13(9-19)14(18(20)21)7-16(15)23-10-12-4-2-3-11(5-12)8-17/h2-7,9H,10H2,1H3. The molecule has 116 valence electrons. The van der Waals surface area contributed by atoms with Crippen LogP contribution in [-0.2, 0) is 6.61 Å². The average Bonchev–Trinajstić information content (AvgIpc) is 2.59. The number of ether oxygens (including phenoxy) is 2. The summed E-state index contributed by atoms with van der Waals surface area (Å²) in [5.74, 6) is 0.362. The molecule has 7 heteroatoms. The number of nitro benzene ring substituents is 1. The first kappa shape index (κ1) is 16.0. The van der Waals surface area contributed by atoms with Crippen molar-refractivity contribution in [3.8, 4) is 17.6 Å². The van der Waals surface area contributed by atoms with Crippen LogP contribution in [0.25, 0.3) is 0 Å². The van der Waals surface area contributed by atoms with Gasteiger partial charge >= 0.3 is 0 Å². The molecule has 0 saturated carbocycles. The van der Waals surface area contributed by atoms with Gasteiger partial charge in [-0.1, -0.05) is 12.1 Å². The summed E-state index contributed by atoms with van der Waals surface area (Å²) in [5.41, 5.74) is 0.765. The van der Waals surface area contributed by atoms with E-state index in [1.165, 1.54) is 13.2 Å². The maximum Gasteiger partial charge on any atom is 0.283 e. The molecule has 0 saturated heterocycles. The lowest BCUT2D eigenvalue weighted by Gasteiger charge is -2.11. The minimum atomic E-state index is -0.660. The van der Waals surface area contributed by atoms with Crippen LogP contribution in [0.2, 0.25) is 0 Å². The minimum Gasteiger partial charge on any atom is -0.493 e. The van der Waals surface area contributed by atoms with Gasteiger partial charge in [-0.05, 0) is 17.7 Å². The Hall–Kier alpha value is -3.40. The third-order valence-corrected chi connectivity index (χ3v) is 3.09. The summed E-state index contributed by atoms with van der Waals surface area (Å²) < 4.78 is 10.6. The highest BCUT2D eigenvalue weighted by Gasteiger charge is 2.19. The highest BCUT2D eigenvalue weighted by molar-refractivity contribution is 5.83. The summed E-state index contributed by atoms with van der Waals surface area (Å²) in [7, 11) is 1.37. The SMILES string of the molecule is COc1cc(C=O)c([N+](=O)[O-])cc1OCc1cccc(C#N)c1. The van der Waals surface area contributed by atoms with E-state index in [0.29, 0.717) is 11.8 Å². The molecule has 0 atom stereocenters. The number of hydrogen-bond donors (Lipinski definition) is 0. The zero-order valence-electron chi connectivity index (χ0n) is 12.2. The lowest BCUT2D eigenvalue weighted by molar-refractivity contribution is -0.385. The van der Waals surface area contributed by atoms with Crippen LogP contribution < -0.4 is 9.47 Å². The van der Waals surface area contributed by atoms with Crippen LogP contribution in [0.5, 0.6) is 11.5 Å². The van der Waals surface area contributed by atoms with Crippen LogP contribution in [0, 0.1) is 21.4 Å². The average molecular weight is 312 g/mol. The molecule has 7 nitrogen and oxygen atoms in total. The Morgan fingerprint density at radius 1 is 1.30 bits per heavy atom. The topological polar surface area (TPSA) is 102 Å². The third-order valence-electron chi connectivity index (χ3n) is 3.09. The van der Waals surface area contributed by atoms with Crippen molar-refractivity contribution in [2.45, 2.75) is 6.61 Å². The first-order valence-corrected chi connectivity index (χ1v) is 6.52. The minimum absolute atomic E-state index is 0.0920. The van der Waals surface area contributed by atoms with E-state index in [1.807, 2.05) is 6.07 Å². The van der Waals surface area contributed by atoms with Crippen LogP contribution >= 0.6 is 0 Å². The molecule has 2 aromatic rings. The van der Waals surface area contributed by atoms with Crippen LogP contribution in [-0.4, -0.2) is 18.3 Å². The molecular formula is C16H12N2O5. The monoisotopic (exact) mass is 312 g/mol. The van der Waals surface area contributed by atoms with E-state index >= 15 is 0 Å². The fraction of sp³-hybridized carbons (Fsp3) is 0.125. The van der Waals surface area contributed by atoms with E-state index in [-0.39, 0.29) is 29.4 Å². The second kappa shape index (κ2) is 7.04. The Kier molecular flexibility index (Phi) is 4.89. The lowest BCUT2D eigenvalue weighted by Crippen LogP contribution is -2.01. The van der Waals surface area contributed by atoms with Gasteiger partial charge in [0.1, 0.15) is 6.61 Å². The Morgan fingerprint density at radius 2 is 2.09 bits per heavy atom. The van der Waals surface area contributed by atoms with E-state index in [4.69, 9.17) is 14.7 Å². The zero-order valence-corrected chi connectivity index (χ0v) is 12.2. The summed E-state index contributed by atoms with van der Waals surface area (Å²) in [6.07, 6.45) is 0.390. The normalized spacial score (nSPS) is 9.74. The highest BCUT2D eigenvalue weighted by Crippen LogP contribution is 2.34. The summed E-state index contributed by atoms with van der Waals surface area (Å²) in [4.78, 5) is 21.3. The van der Waals surface area contributed by atoms with Gasteiger partial charge in [0, 0.05) is 6.07 Å². The lowest BCUT2D eigenvalue weighted by atomic mass is 10.1. The number of hydrogen-bond acceptors (Lipinski definition) is 6. The van der Waals surface area contributed by atoms with Crippen LogP contribution in [0.1, 0.15) is 21.5 Å². The molecule has 0 heterocycles. The van der Waals surface area contributed by atoms with Crippen molar-refractivity contribution in [1.29, 1.82) is 5.26 Å². The Morgan fingerprint density at radius 3 is 2.70 bits per heavy atom. The number of nitro groups is 1. The molecule has 0 fully saturated rings. The number of carbonyl (C=O) groups is 1. The van der Waals surface area contributed by atoms with Crippen LogP contribution in [0.4, 0.5) is 5.69 Å². The number of aldehydes is 1. The summed E-state index contributed by atoms with van der Waals surface area (Å²) in [5, 5.41) is 19.9. The molecule has 0 amide bonds. The van der Waals surface area contributed by atoms with Crippen molar-refractivity contribution < 1.29 is 19.2 Å². The number of nitriles is 1. The number of carbonyl (C=O) groups excluding carboxylic acids is 1. The van der Waals surface area contributed by atoms with Gasteiger partial charge in [0.05, 0.1) is 35.3 Å². The molecule has 0 bridgehead atoms. The van der Waals surface area contributed by atoms with E-state index in [1.54, 1.807) is 24.3 Å². The Labute approximate surface area is 131 Å². The van der Waals surface area contributed by atoms with Gasteiger partial charge in [-0.2, -0.15) is 5.26 Å². The molecule has 0 unspecified atom stereocenters. The Bertz CT molecular complexity index is 796. The predicted molar refractivity (Wildman–Crippen MR) is 80.5 cm³/mol. The highest BCUT2D eigenvalue weighted by atomic mass is 16.6. The van der Waals surface area contributed by atoms with Crippen molar-refractivity contribution in [3.05, 3.63) is 63.2 Å². The molecule has 0 aliphatic rings. The second-order valence-corrected chi connectivity index (χ2v) is 4.54. The molecule has 2 rings (SSSR count). The van der Waals surface area contributed by atoms with E-state index in [2.05, 4.69) is 0 Å². The molecule has 23 heavy (non-hydrogen) atoms. The fourth-order valence-electron chi connectivity index (χ4n) is 1.98. The van der Waals surface area contributed by atoms with Gasteiger partial charge in [-0.3, -0.25) is 14.9 Å². The quantitative estimate of drug-likeness (QED) is 0.461. The van der Waals surface area contributed by atoms with Crippen molar-refractivity contribution in [3.63, 3.8) is 0 Å². The van der Waals surface area contributed by atoms with E-state index < -0.39 is 4.92 Å². The molecule has 0 N–H and O–H groups in total. The van der Waals surface area contributed by atoms with Gasteiger partial charge in [0.2, 0.25) is 0 Å². The van der Waals surface area contributed by atoms with Crippen molar-refractivity contribution in [2.24, 2.45) is 0 Å². The zero-order chi connectivity index (χ0) is 16.8. The van der Waals surface area contributed by atoms with Crippen molar-refractivity contribution in [2.75, 3.05) is 7.11 Å². The maximum atomic E-state index is 11.0. The molecule has 2 aromatic carbocycles. The summed E-state index contributed by atoms with van der Waals surface area (Å²) in [6, 6.07) is 11.2. The van der Waals surface area contributed by atoms with Crippen molar-refractivity contribution in [1.82, 2.24) is 0 Å². The molecule has 0 radical (unpaired) electrons. The summed E-state index contributed by atoms with van der Waals surface area (Å²) in [6.45, 7) is 0.101. The van der Waals surface area contributed by atoms with Gasteiger partial charge in [0.25, 0.3) is 5.69 Å². The second-order valence-electron chi connectivity index (χ2n) is 4.54. The molecular weight excluding hydrogens is 300 g/mol. The van der Waals surface area contributed by atoms with Crippen LogP contribution in [0.15, 0.2) is 36.4 Å². The number of rotatable bonds is 6.